The molecule has 2 N–H and O–H groups in total. The van der Waals surface area contributed by atoms with E-state index in [0.717, 1.165) is 12.0 Å². The zero-order valence-corrected chi connectivity index (χ0v) is 13.0. The van der Waals surface area contributed by atoms with Crippen LogP contribution in [0.4, 0.5) is 0 Å². The first kappa shape index (κ1) is 16.3. The van der Waals surface area contributed by atoms with Gasteiger partial charge >= 0.3 is 0 Å². The molecule has 0 aliphatic heterocycles. The molecule has 2 nitrogen and oxygen atoms in total. The van der Waals surface area contributed by atoms with E-state index < -0.39 is 0 Å². The lowest BCUT2D eigenvalue weighted by Crippen LogP contribution is -2.09. The third-order valence-corrected chi connectivity index (χ3v) is 3.50. The quantitative estimate of drug-likeness (QED) is 0.529. The summed E-state index contributed by atoms with van der Waals surface area (Å²) in [5, 5.41) is 0.566. The Morgan fingerprint density at radius 3 is 2.53 bits per heavy atom. The van der Waals surface area contributed by atoms with Crippen molar-refractivity contribution < 1.29 is 4.74 Å². The average Bonchev–Trinajstić information content (AvgIpc) is 2.39. The maximum atomic E-state index is 6.11. The second kappa shape index (κ2) is 9.16. The highest BCUT2D eigenvalue weighted by Gasteiger charge is 2.04. The van der Waals surface area contributed by atoms with Gasteiger partial charge in [0.05, 0.1) is 11.6 Å². The molecule has 0 fully saturated rings. The van der Waals surface area contributed by atoms with Gasteiger partial charge in [0.15, 0.2) is 0 Å². The van der Waals surface area contributed by atoms with Crippen LogP contribution in [0.15, 0.2) is 18.2 Å². The topological polar surface area (TPSA) is 35.2 Å². The Labute approximate surface area is 126 Å². The Balaban J connectivity index is 2.28. The third-order valence-electron chi connectivity index (χ3n) is 2.97. The van der Waals surface area contributed by atoms with E-state index in [1.54, 1.807) is 6.07 Å². The van der Waals surface area contributed by atoms with Crippen LogP contribution in [0, 0.1) is 0 Å². The van der Waals surface area contributed by atoms with Crippen LogP contribution in [-0.4, -0.2) is 11.6 Å². The Morgan fingerprint density at radius 1 is 1.21 bits per heavy atom. The fourth-order valence-electron chi connectivity index (χ4n) is 1.84. The van der Waals surface area contributed by atoms with Crippen LogP contribution in [0.5, 0.6) is 5.75 Å². The minimum Gasteiger partial charge on any atom is -0.492 e. The van der Waals surface area contributed by atoms with Crippen molar-refractivity contribution in [2.75, 3.05) is 6.61 Å². The van der Waals surface area contributed by atoms with Gasteiger partial charge in [-0.2, -0.15) is 0 Å². The molecule has 0 unspecified atom stereocenters. The molecule has 0 radical (unpaired) electrons. The molecule has 1 aromatic carbocycles. The molecular weight excluding hydrogens is 278 g/mol. The fourth-order valence-corrected chi connectivity index (χ4v) is 2.20. The molecule has 0 aliphatic carbocycles. The van der Waals surface area contributed by atoms with E-state index in [1.165, 1.54) is 32.1 Å². The summed E-state index contributed by atoms with van der Waals surface area (Å²) in [5.41, 5.74) is 6.31. The van der Waals surface area contributed by atoms with Crippen LogP contribution >= 0.6 is 23.8 Å². The van der Waals surface area contributed by atoms with Gasteiger partial charge in [-0.05, 0) is 24.6 Å². The van der Waals surface area contributed by atoms with Crippen LogP contribution < -0.4 is 10.5 Å². The number of hydrogen-bond donors (Lipinski definition) is 1. The highest BCUT2D eigenvalue weighted by Crippen LogP contribution is 2.25. The summed E-state index contributed by atoms with van der Waals surface area (Å²) in [4.78, 5) is 0.351. The lowest BCUT2D eigenvalue weighted by atomic mass is 10.1. The summed E-state index contributed by atoms with van der Waals surface area (Å²) in [6.07, 6.45) is 7.49. The highest BCUT2D eigenvalue weighted by atomic mass is 35.5. The molecule has 0 bridgehead atoms. The standard InChI is InChI=1S/C15H22ClNOS/c1-2-3-4-5-6-7-10-18-14-9-8-12(15(17)19)11-13(14)16/h8-9,11H,2-7,10H2,1H3,(H2,17,19). The van der Waals surface area contributed by atoms with Crippen LogP contribution in [-0.2, 0) is 0 Å². The van der Waals surface area contributed by atoms with Crippen LogP contribution in [0.2, 0.25) is 5.02 Å². The maximum Gasteiger partial charge on any atom is 0.137 e. The SMILES string of the molecule is CCCCCCCCOc1ccc(C(N)=S)cc1Cl. The molecule has 19 heavy (non-hydrogen) atoms. The molecule has 0 aliphatic rings. The summed E-state index contributed by atoms with van der Waals surface area (Å²) in [7, 11) is 0. The van der Waals surface area contributed by atoms with Gasteiger partial charge in [0, 0.05) is 5.56 Å². The Morgan fingerprint density at radius 2 is 1.89 bits per heavy atom. The van der Waals surface area contributed by atoms with Gasteiger partial charge in [0.25, 0.3) is 0 Å². The molecule has 1 rings (SSSR count). The summed E-state index contributed by atoms with van der Waals surface area (Å²) >= 11 is 11.0. The number of halogens is 1. The summed E-state index contributed by atoms with van der Waals surface area (Å²) in [5.74, 6) is 0.704. The predicted molar refractivity (Wildman–Crippen MR) is 86.2 cm³/mol. The second-order valence-corrected chi connectivity index (χ2v) is 5.47. The molecule has 0 aromatic heterocycles. The second-order valence-electron chi connectivity index (χ2n) is 4.63. The lowest BCUT2D eigenvalue weighted by Gasteiger charge is -2.09. The first-order valence-electron chi connectivity index (χ1n) is 6.87. The van der Waals surface area contributed by atoms with Crippen molar-refractivity contribution in [1.82, 2.24) is 0 Å². The van der Waals surface area contributed by atoms with Crippen LogP contribution in [0.25, 0.3) is 0 Å². The maximum absolute atomic E-state index is 6.11. The van der Waals surface area contributed by atoms with Crippen LogP contribution in [0.3, 0.4) is 0 Å². The molecular formula is C15H22ClNOS. The number of benzene rings is 1. The summed E-state index contributed by atoms with van der Waals surface area (Å²) in [6.45, 7) is 2.93. The van der Waals surface area contributed by atoms with E-state index in [1.807, 2.05) is 12.1 Å². The van der Waals surface area contributed by atoms with Gasteiger partial charge in [0.1, 0.15) is 10.7 Å². The van der Waals surface area contributed by atoms with E-state index >= 15 is 0 Å². The van der Waals surface area contributed by atoms with E-state index in [-0.39, 0.29) is 0 Å². The normalized spacial score (nSPS) is 10.4. The Kier molecular flexibility index (Phi) is 7.84. The Bertz CT molecular complexity index is 409. The molecule has 106 valence electrons. The molecule has 0 heterocycles. The smallest absolute Gasteiger partial charge is 0.137 e. The fraction of sp³-hybridized carbons (Fsp3) is 0.533. The molecule has 0 amide bonds. The zero-order chi connectivity index (χ0) is 14.1. The number of hydrogen-bond acceptors (Lipinski definition) is 2. The minimum absolute atomic E-state index is 0.351. The molecule has 4 heteroatoms. The first-order chi connectivity index (χ1) is 9.15. The van der Waals surface area contributed by atoms with E-state index in [2.05, 4.69) is 6.92 Å². The van der Waals surface area contributed by atoms with E-state index in [0.29, 0.717) is 22.4 Å². The largest absolute Gasteiger partial charge is 0.492 e. The summed E-state index contributed by atoms with van der Waals surface area (Å²) in [6, 6.07) is 5.42. The van der Waals surface area contributed by atoms with Crippen LogP contribution in [0.1, 0.15) is 51.0 Å². The van der Waals surface area contributed by atoms with Crippen molar-refractivity contribution in [3.63, 3.8) is 0 Å². The molecule has 0 saturated heterocycles. The molecule has 1 aromatic rings. The van der Waals surface area contributed by atoms with Crippen molar-refractivity contribution in [1.29, 1.82) is 0 Å². The Hall–Kier alpha value is -0.800. The monoisotopic (exact) mass is 299 g/mol. The number of rotatable bonds is 9. The van der Waals surface area contributed by atoms with Crippen molar-refractivity contribution in [3.8, 4) is 5.75 Å². The third kappa shape index (κ3) is 6.26. The van der Waals surface area contributed by atoms with Gasteiger partial charge in [-0.1, -0.05) is 62.8 Å². The van der Waals surface area contributed by atoms with Gasteiger partial charge in [-0.25, -0.2) is 0 Å². The highest BCUT2D eigenvalue weighted by molar-refractivity contribution is 7.80. The van der Waals surface area contributed by atoms with Crippen molar-refractivity contribution in [2.45, 2.75) is 45.4 Å². The van der Waals surface area contributed by atoms with Crippen molar-refractivity contribution in [2.24, 2.45) is 5.73 Å². The van der Waals surface area contributed by atoms with Gasteiger partial charge in [0.2, 0.25) is 0 Å². The van der Waals surface area contributed by atoms with Crippen molar-refractivity contribution in [3.05, 3.63) is 28.8 Å². The molecule has 0 spiro atoms. The van der Waals surface area contributed by atoms with Gasteiger partial charge in [-0.3, -0.25) is 0 Å². The zero-order valence-electron chi connectivity index (χ0n) is 11.5. The van der Waals surface area contributed by atoms with Gasteiger partial charge < -0.3 is 10.5 Å². The number of thiocarbonyl (C=S) groups is 1. The molecule has 0 saturated carbocycles. The predicted octanol–water partition coefficient (Wildman–Crippen LogP) is 4.71. The van der Waals surface area contributed by atoms with E-state index in [9.17, 15) is 0 Å². The van der Waals surface area contributed by atoms with Crippen molar-refractivity contribution >= 4 is 28.8 Å². The first-order valence-corrected chi connectivity index (χ1v) is 7.66. The van der Waals surface area contributed by atoms with E-state index in [4.69, 9.17) is 34.3 Å². The number of unbranched alkanes of at least 4 members (excludes halogenated alkanes) is 5. The number of nitrogens with two attached hydrogens (primary N) is 1. The number of ether oxygens (including phenoxy) is 1. The average molecular weight is 300 g/mol. The minimum atomic E-state index is 0.351. The lowest BCUT2D eigenvalue weighted by molar-refractivity contribution is 0.304. The summed E-state index contributed by atoms with van der Waals surface area (Å²) < 4.78 is 5.66. The molecule has 0 atom stereocenters. The van der Waals surface area contributed by atoms with Gasteiger partial charge in [-0.15, -0.1) is 0 Å².